The number of rotatable bonds is 4. The maximum absolute atomic E-state index is 13.5. The minimum Gasteiger partial charge on any atom is -0.503 e. The molecule has 1 unspecified atom stereocenters. The van der Waals surface area contributed by atoms with Gasteiger partial charge in [-0.15, -0.1) is 11.3 Å². The van der Waals surface area contributed by atoms with Gasteiger partial charge in [0.15, 0.2) is 5.76 Å². The van der Waals surface area contributed by atoms with Crippen LogP contribution in [0.4, 0.5) is 5.69 Å². The predicted octanol–water partition coefficient (Wildman–Crippen LogP) is 6.16. The van der Waals surface area contributed by atoms with E-state index in [9.17, 15) is 14.7 Å². The van der Waals surface area contributed by atoms with E-state index in [1.54, 1.807) is 44.2 Å². The third-order valence-corrected chi connectivity index (χ3v) is 6.94. The van der Waals surface area contributed by atoms with Crippen LogP contribution in [0.15, 0.2) is 53.8 Å². The number of hydrogen-bond donors (Lipinski definition) is 1. The first-order valence-electron chi connectivity index (χ1n) is 9.46. The fourth-order valence-corrected chi connectivity index (χ4v) is 4.85. The molecule has 1 aliphatic rings. The molecular weight excluding hydrogens is 455 g/mol. The standard InChI is InChI=1S/C23H18Cl2N2O3S/c1-11-4-7-15(8-5-11)27-19(14-6-9-16(24)17(25)10-14)18(21(29)23(27)30)20(28)22-12(2)26-13(3)31-22/h4-10,19,29H,1-3H3. The van der Waals surface area contributed by atoms with E-state index in [4.69, 9.17) is 23.2 Å². The summed E-state index contributed by atoms with van der Waals surface area (Å²) in [7, 11) is 0. The van der Waals surface area contributed by atoms with Crippen molar-refractivity contribution in [3.8, 4) is 0 Å². The second kappa shape index (κ2) is 8.11. The SMILES string of the molecule is Cc1ccc(N2C(=O)C(O)=C(C(=O)c3sc(C)nc3C)C2c2ccc(Cl)c(Cl)c2)cc1. The van der Waals surface area contributed by atoms with Gasteiger partial charge in [-0.1, -0.05) is 47.0 Å². The Hall–Kier alpha value is -2.67. The van der Waals surface area contributed by atoms with Crippen LogP contribution in [0.5, 0.6) is 0 Å². The highest BCUT2D eigenvalue weighted by Crippen LogP contribution is 2.43. The monoisotopic (exact) mass is 472 g/mol. The number of aromatic nitrogens is 1. The zero-order chi connectivity index (χ0) is 22.4. The molecule has 0 bridgehead atoms. The van der Waals surface area contributed by atoms with E-state index in [-0.39, 0.29) is 5.57 Å². The van der Waals surface area contributed by atoms with Gasteiger partial charge in [-0.3, -0.25) is 14.5 Å². The van der Waals surface area contributed by atoms with Crippen LogP contribution in [-0.4, -0.2) is 21.8 Å². The molecule has 2 heterocycles. The van der Waals surface area contributed by atoms with Crippen molar-refractivity contribution in [1.82, 2.24) is 4.98 Å². The van der Waals surface area contributed by atoms with E-state index in [1.807, 2.05) is 19.1 Å². The van der Waals surface area contributed by atoms with Crippen molar-refractivity contribution in [3.05, 3.63) is 90.5 Å². The molecule has 0 fully saturated rings. The van der Waals surface area contributed by atoms with Crippen molar-refractivity contribution < 1.29 is 14.7 Å². The summed E-state index contributed by atoms with van der Waals surface area (Å²) in [5.41, 5.74) is 2.69. The van der Waals surface area contributed by atoms with Crippen LogP contribution < -0.4 is 4.90 Å². The number of hydrogen-bond acceptors (Lipinski definition) is 5. The molecule has 0 spiro atoms. The number of carbonyl (C=O) groups is 2. The highest BCUT2D eigenvalue weighted by molar-refractivity contribution is 7.14. The number of ketones is 1. The molecule has 0 saturated carbocycles. The number of anilines is 1. The maximum atomic E-state index is 13.5. The Kier molecular flexibility index (Phi) is 5.64. The van der Waals surface area contributed by atoms with Crippen LogP contribution in [0, 0.1) is 20.8 Å². The van der Waals surface area contributed by atoms with Crippen molar-refractivity contribution >= 4 is 51.9 Å². The number of Topliss-reactive ketones (excluding diaryl/α,β-unsaturated/α-hetero) is 1. The Bertz CT molecular complexity index is 1250. The summed E-state index contributed by atoms with van der Waals surface area (Å²) in [6, 6.07) is 11.3. The highest BCUT2D eigenvalue weighted by atomic mass is 35.5. The van der Waals surface area contributed by atoms with Crippen LogP contribution >= 0.6 is 34.5 Å². The van der Waals surface area contributed by atoms with Crippen molar-refractivity contribution in [2.24, 2.45) is 0 Å². The number of halogens is 2. The minimum absolute atomic E-state index is 0.00397. The Morgan fingerprint density at radius 3 is 2.32 bits per heavy atom. The summed E-state index contributed by atoms with van der Waals surface area (Å²) in [5, 5.41) is 12.2. The van der Waals surface area contributed by atoms with Gasteiger partial charge in [-0.05, 0) is 50.6 Å². The molecule has 1 aliphatic heterocycles. The summed E-state index contributed by atoms with van der Waals surface area (Å²) >= 11 is 13.6. The molecule has 1 aromatic heterocycles. The van der Waals surface area contributed by atoms with Gasteiger partial charge in [0, 0.05) is 5.69 Å². The molecule has 158 valence electrons. The summed E-state index contributed by atoms with van der Waals surface area (Å²) in [6.07, 6.45) is 0. The largest absolute Gasteiger partial charge is 0.503 e. The van der Waals surface area contributed by atoms with E-state index in [2.05, 4.69) is 4.98 Å². The molecule has 0 aliphatic carbocycles. The Morgan fingerprint density at radius 2 is 1.74 bits per heavy atom. The average molecular weight is 473 g/mol. The molecule has 5 nitrogen and oxygen atoms in total. The van der Waals surface area contributed by atoms with Gasteiger partial charge in [0.2, 0.25) is 5.78 Å². The lowest BCUT2D eigenvalue weighted by atomic mass is 9.94. The third-order valence-electron chi connectivity index (χ3n) is 5.13. The summed E-state index contributed by atoms with van der Waals surface area (Å²) in [6.45, 7) is 5.47. The quantitative estimate of drug-likeness (QED) is 0.461. The lowest BCUT2D eigenvalue weighted by Crippen LogP contribution is -2.31. The summed E-state index contributed by atoms with van der Waals surface area (Å²) in [5.74, 6) is -1.66. The minimum atomic E-state index is -0.862. The Labute approximate surface area is 193 Å². The lowest BCUT2D eigenvalue weighted by molar-refractivity contribution is -0.117. The molecule has 8 heteroatoms. The van der Waals surface area contributed by atoms with Gasteiger partial charge in [0.05, 0.1) is 37.2 Å². The second-order valence-corrected chi connectivity index (χ2v) is 9.34. The zero-order valence-electron chi connectivity index (χ0n) is 16.9. The van der Waals surface area contributed by atoms with E-state index in [1.165, 1.54) is 16.2 Å². The fourth-order valence-electron chi connectivity index (χ4n) is 3.67. The topological polar surface area (TPSA) is 70.5 Å². The Morgan fingerprint density at radius 1 is 1.06 bits per heavy atom. The van der Waals surface area contributed by atoms with Crippen molar-refractivity contribution in [1.29, 1.82) is 0 Å². The van der Waals surface area contributed by atoms with Crippen molar-refractivity contribution in [3.63, 3.8) is 0 Å². The molecule has 2 aromatic carbocycles. The molecule has 1 amide bonds. The number of nitrogens with zero attached hydrogens (tertiary/aromatic N) is 2. The van der Waals surface area contributed by atoms with Gasteiger partial charge in [-0.2, -0.15) is 0 Å². The third kappa shape index (κ3) is 3.76. The summed E-state index contributed by atoms with van der Waals surface area (Å²) < 4.78 is 0. The average Bonchev–Trinajstić information content (AvgIpc) is 3.20. The predicted molar refractivity (Wildman–Crippen MR) is 123 cm³/mol. The van der Waals surface area contributed by atoms with Crippen LogP contribution in [0.3, 0.4) is 0 Å². The summed E-state index contributed by atoms with van der Waals surface area (Å²) in [4.78, 5) is 32.8. The Balaban J connectivity index is 1.91. The van der Waals surface area contributed by atoms with Crippen LogP contribution in [0.2, 0.25) is 10.0 Å². The smallest absolute Gasteiger partial charge is 0.294 e. The van der Waals surface area contributed by atoms with Gasteiger partial charge in [0.25, 0.3) is 5.91 Å². The van der Waals surface area contributed by atoms with E-state index < -0.39 is 23.5 Å². The van der Waals surface area contributed by atoms with E-state index >= 15 is 0 Å². The lowest BCUT2D eigenvalue weighted by Gasteiger charge is -2.27. The number of benzene rings is 2. The molecule has 4 rings (SSSR count). The van der Waals surface area contributed by atoms with Crippen molar-refractivity contribution in [2.75, 3.05) is 4.90 Å². The maximum Gasteiger partial charge on any atom is 0.294 e. The molecule has 3 aromatic rings. The number of aliphatic hydroxyl groups is 1. The van der Waals surface area contributed by atoms with Crippen LogP contribution in [0.1, 0.15) is 37.5 Å². The molecular formula is C23H18Cl2N2O3S. The normalized spacial score (nSPS) is 16.4. The number of aryl methyl sites for hydroxylation is 3. The molecule has 1 N–H and O–H groups in total. The van der Waals surface area contributed by atoms with Crippen LogP contribution in [-0.2, 0) is 4.79 Å². The highest BCUT2D eigenvalue weighted by Gasteiger charge is 2.45. The number of thiazole rings is 1. The van der Waals surface area contributed by atoms with E-state index in [0.29, 0.717) is 31.9 Å². The molecule has 0 radical (unpaired) electrons. The van der Waals surface area contributed by atoms with Crippen LogP contribution in [0.25, 0.3) is 0 Å². The van der Waals surface area contributed by atoms with Crippen molar-refractivity contribution in [2.45, 2.75) is 26.8 Å². The number of aliphatic hydroxyl groups excluding tert-OH is 1. The first-order chi connectivity index (χ1) is 14.7. The second-order valence-electron chi connectivity index (χ2n) is 7.33. The molecule has 31 heavy (non-hydrogen) atoms. The number of carbonyl (C=O) groups excluding carboxylic acids is 2. The first-order valence-corrected chi connectivity index (χ1v) is 11.0. The fraction of sp³-hybridized carbons (Fsp3) is 0.174. The first kappa shape index (κ1) is 21.6. The number of amides is 1. The zero-order valence-corrected chi connectivity index (χ0v) is 19.3. The molecule has 1 atom stereocenters. The van der Waals surface area contributed by atoms with E-state index in [0.717, 1.165) is 10.6 Å². The van der Waals surface area contributed by atoms with Gasteiger partial charge < -0.3 is 5.11 Å². The molecule has 0 saturated heterocycles. The van der Waals surface area contributed by atoms with Gasteiger partial charge in [-0.25, -0.2) is 4.98 Å². The van der Waals surface area contributed by atoms with Gasteiger partial charge >= 0.3 is 0 Å². The van der Waals surface area contributed by atoms with Gasteiger partial charge in [0.1, 0.15) is 0 Å².